The molecular formula is C8H4F2N2O2. The topological polar surface area (TPSA) is 74.0 Å². The molecule has 0 aromatic carbocycles. The van der Waals surface area contributed by atoms with Crippen molar-refractivity contribution < 1.29 is 18.7 Å². The molecule has 1 rings (SSSR count). The van der Waals surface area contributed by atoms with Crippen LogP contribution in [0.25, 0.3) is 0 Å². The van der Waals surface area contributed by atoms with Crippen LogP contribution in [0.5, 0.6) is 0 Å². The van der Waals surface area contributed by atoms with Gasteiger partial charge in [-0.2, -0.15) is 5.26 Å². The van der Waals surface area contributed by atoms with Gasteiger partial charge in [-0.3, -0.25) is 0 Å². The normalized spacial score (nSPS) is 9.86. The first-order valence-electron chi connectivity index (χ1n) is 3.47. The van der Waals surface area contributed by atoms with E-state index in [4.69, 9.17) is 10.4 Å². The lowest BCUT2D eigenvalue weighted by Gasteiger charge is -2.03. The van der Waals surface area contributed by atoms with Crippen molar-refractivity contribution in [2.24, 2.45) is 0 Å². The van der Waals surface area contributed by atoms with Gasteiger partial charge in [0.15, 0.2) is 0 Å². The van der Waals surface area contributed by atoms with Gasteiger partial charge in [0.25, 0.3) is 6.43 Å². The molecule has 0 amide bonds. The minimum absolute atomic E-state index is 0.231. The first-order valence-corrected chi connectivity index (χ1v) is 3.47. The maximum absolute atomic E-state index is 12.3. The molecule has 0 saturated carbocycles. The number of pyridine rings is 1. The van der Waals surface area contributed by atoms with E-state index in [0.717, 1.165) is 12.3 Å². The van der Waals surface area contributed by atoms with Crippen LogP contribution < -0.4 is 0 Å². The van der Waals surface area contributed by atoms with Crippen LogP contribution in [0.4, 0.5) is 8.78 Å². The van der Waals surface area contributed by atoms with Crippen LogP contribution in [0.1, 0.15) is 28.0 Å². The number of aromatic carboxylic acids is 1. The van der Waals surface area contributed by atoms with Crippen molar-refractivity contribution in [2.75, 3.05) is 0 Å². The highest BCUT2D eigenvalue weighted by molar-refractivity contribution is 5.89. The number of carbonyl (C=O) groups is 1. The fourth-order valence-corrected chi connectivity index (χ4v) is 0.891. The Morgan fingerprint density at radius 3 is 2.71 bits per heavy atom. The molecule has 0 spiro atoms. The average Bonchev–Trinajstić information content (AvgIpc) is 2.16. The lowest BCUT2D eigenvalue weighted by Crippen LogP contribution is -2.04. The van der Waals surface area contributed by atoms with Crippen molar-refractivity contribution in [3.8, 4) is 6.07 Å². The number of nitrogens with zero attached hydrogens (tertiary/aromatic N) is 2. The van der Waals surface area contributed by atoms with Gasteiger partial charge in [0.05, 0.1) is 5.56 Å². The molecule has 72 valence electrons. The van der Waals surface area contributed by atoms with E-state index in [1.807, 2.05) is 0 Å². The molecule has 14 heavy (non-hydrogen) atoms. The molecule has 0 fully saturated rings. The molecule has 1 aromatic rings. The van der Waals surface area contributed by atoms with Crippen LogP contribution in [0.2, 0.25) is 0 Å². The summed E-state index contributed by atoms with van der Waals surface area (Å²) in [6.07, 6.45) is -2.18. The van der Waals surface area contributed by atoms with Crippen molar-refractivity contribution in [3.05, 3.63) is 29.1 Å². The fourth-order valence-electron chi connectivity index (χ4n) is 0.891. The number of halogens is 2. The summed E-state index contributed by atoms with van der Waals surface area (Å²) < 4.78 is 24.6. The molecule has 1 aromatic heterocycles. The Bertz CT molecular complexity index is 412. The molecule has 1 N–H and O–H groups in total. The SMILES string of the molecule is N#Cc1cc(C(F)F)c(C(=O)O)cn1. The van der Waals surface area contributed by atoms with Crippen molar-refractivity contribution in [1.29, 1.82) is 5.26 Å². The molecule has 0 aliphatic heterocycles. The number of alkyl halides is 2. The van der Waals surface area contributed by atoms with Gasteiger partial charge in [-0.25, -0.2) is 18.6 Å². The molecule has 1 heterocycles. The minimum atomic E-state index is -2.93. The lowest BCUT2D eigenvalue weighted by atomic mass is 10.1. The van der Waals surface area contributed by atoms with Gasteiger partial charge in [-0.05, 0) is 6.07 Å². The van der Waals surface area contributed by atoms with E-state index in [2.05, 4.69) is 4.98 Å². The molecule has 0 bridgehead atoms. The molecule has 4 nitrogen and oxygen atoms in total. The Balaban J connectivity index is 3.33. The van der Waals surface area contributed by atoms with E-state index in [1.165, 1.54) is 0 Å². The monoisotopic (exact) mass is 198 g/mol. The summed E-state index contributed by atoms with van der Waals surface area (Å²) in [7, 11) is 0. The molecule has 0 saturated heterocycles. The second-order valence-corrected chi connectivity index (χ2v) is 2.37. The van der Waals surface area contributed by atoms with Gasteiger partial charge in [-0.1, -0.05) is 0 Å². The molecule has 6 heteroatoms. The lowest BCUT2D eigenvalue weighted by molar-refractivity contribution is 0.0684. The van der Waals surface area contributed by atoms with Crippen LogP contribution in [-0.2, 0) is 0 Å². The predicted octanol–water partition coefficient (Wildman–Crippen LogP) is 1.59. The summed E-state index contributed by atoms with van der Waals surface area (Å²) in [6, 6.07) is 2.32. The van der Waals surface area contributed by atoms with Gasteiger partial charge >= 0.3 is 5.97 Å². The number of nitriles is 1. The Hall–Kier alpha value is -2.03. The number of hydrogen-bond acceptors (Lipinski definition) is 3. The summed E-state index contributed by atoms with van der Waals surface area (Å²) in [6.45, 7) is 0. The maximum atomic E-state index is 12.3. The van der Waals surface area contributed by atoms with Crippen molar-refractivity contribution in [1.82, 2.24) is 4.98 Å². The number of hydrogen-bond donors (Lipinski definition) is 1. The number of rotatable bonds is 2. The predicted molar refractivity (Wildman–Crippen MR) is 40.9 cm³/mol. The molecule has 0 atom stereocenters. The van der Waals surface area contributed by atoms with E-state index in [-0.39, 0.29) is 5.69 Å². The minimum Gasteiger partial charge on any atom is -0.478 e. The molecule has 0 unspecified atom stereocenters. The second kappa shape index (κ2) is 3.79. The van der Waals surface area contributed by atoms with E-state index in [0.29, 0.717) is 0 Å². The van der Waals surface area contributed by atoms with Crippen molar-refractivity contribution in [3.63, 3.8) is 0 Å². The summed E-state index contributed by atoms with van der Waals surface area (Å²) in [5.74, 6) is -1.49. The van der Waals surface area contributed by atoms with Crippen LogP contribution in [0.3, 0.4) is 0 Å². The van der Waals surface area contributed by atoms with E-state index >= 15 is 0 Å². The zero-order chi connectivity index (χ0) is 10.7. The van der Waals surface area contributed by atoms with Gasteiger partial charge in [-0.15, -0.1) is 0 Å². The highest BCUT2D eigenvalue weighted by Gasteiger charge is 2.18. The first kappa shape index (κ1) is 10.1. The second-order valence-electron chi connectivity index (χ2n) is 2.37. The number of carboxylic acid groups (broad SMARTS) is 1. The number of carboxylic acids is 1. The third-order valence-electron chi connectivity index (χ3n) is 1.52. The first-order chi connectivity index (χ1) is 6.56. The summed E-state index contributed by atoms with van der Waals surface area (Å²) in [5, 5.41) is 16.9. The maximum Gasteiger partial charge on any atom is 0.337 e. The van der Waals surface area contributed by atoms with Crippen LogP contribution in [0, 0.1) is 11.3 Å². The van der Waals surface area contributed by atoms with Crippen LogP contribution in [0.15, 0.2) is 12.3 Å². The van der Waals surface area contributed by atoms with E-state index in [1.54, 1.807) is 6.07 Å². The van der Waals surface area contributed by atoms with Crippen molar-refractivity contribution >= 4 is 5.97 Å². The van der Waals surface area contributed by atoms with Crippen LogP contribution >= 0.6 is 0 Å². The highest BCUT2D eigenvalue weighted by Crippen LogP contribution is 2.22. The summed E-state index contributed by atoms with van der Waals surface area (Å²) in [4.78, 5) is 13.9. The Labute approximate surface area is 77.4 Å². The summed E-state index contributed by atoms with van der Waals surface area (Å²) in [5.41, 5.74) is -1.51. The highest BCUT2D eigenvalue weighted by atomic mass is 19.3. The van der Waals surface area contributed by atoms with Gasteiger partial charge in [0.2, 0.25) is 0 Å². The fraction of sp³-hybridized carbons (Fsp3) is 0.125. The van der Waals surface area contributed by atoms with Crippen LogP contribution in [-0.4, -0.2) is 16.1 Å². The van der Waals surface area contributed by atoms with E-state index < -0.39 is 23.5 Å². The third kappa shape index (κ3) is 1.82. The molecule has 0 radical (unpaired) electrons. The Morgan fingerprint density at radius 1 is 1.64 bits per heavy atom. The third-order valence-corrected chi connectivity index (χ3v) is 1.52. The summed E-state index contributed by atoms with van der Waals surface area (Å²) >= 11 is 0. The van der Waals surface area contributed by atoms with Crippen molar-refractivity contribution in [2.45, 2.75) is 6.43 Å². The van der Waals surface area contributed by atoms with Gasteiger partial charge in [0.1, 0.15) is 11.8 Å². The van der Waals surface area contributed by atoms with E-state index in [9.17, 15) is 13.6 Å². The Kier molecular flexibility index (Phi) is 2.72. The zero-order valence-electron chi connectivity index (χ0n) is 6.74. The zero-order valence-corrected chi connectivity index (χ0v) is 6.74. The molecule has 0 aliphatic carbocycles. The molecular weight excluding hydrogens is 194 g/mol. The Morgan fingerprint density at radius 2 is 2.29 bits per heavy atom. The number of aromatic nitrogens is 1. The smallest absolute Gasteiger partial charge is 0.337 e. The quantitative estimate of drug-likeness (QED) is 0.782. The molecule has 0 aliphatic rings. The van der Waals surface area contributed by atoms with Gasteiger partial charge in [0, 0.05) is 11.8 Å². The standard InChI is InChI=1S/C8H4F2N2O2/c9-7(10)5-1-4(2-11)12-3-6(5)8(13)14/h1,3,7H,(H,13,14). The van der Waals surface area contributed by atoms with Gasteiger partial charge < -0.3 is 5.11 Å². The average molecular weight is 198 g/mol. The largest absolute Gasteiger partial charge is 0.478 e.